The summed E-state index contributed by atoms with van der Waals surface area (Å²) in [7, 11) is 1.54. The number of aromatic amines is 1. The van der Waals surface area contributed by atoms with Gasteiger partial charge in [-0.05, 0) is 31.9 Å². The summed E-state index contributed by atoms with van der Waals surface area (Å²) >= 11 is 6.74. The molecule has 2 saturated heterocycles. The van der Waals surface area contributed by atoms with E-state index in [1.165, 1.54) is 0 Å². The van der Waals surface area contributed by atoms with E-state index < -0.39 is 0 Å². The lowest BCUT2D eigenvalue weighted by Crippen LogP contribution is -2.49. The number of fused-ring (bicyclic) bond motifs is 2. The zero-order chi connectivity index (χ0) is 23.4. The Morgan fingerprint density at radius 1 is 1.21 bits per heavy atom. The van der Waals surface area contributed by atoms with Crippen LogP contribution in [0.2, 0.25) is 5.02 Å². The van der Waals surface area contributed by atoms with Crippen molar-refractivity contribution < 1.29 is 9.47 Å². The largest absolute Gasteiger partial charge is 0.480 e. The van der Waals surface area contributed by atoms with Gasteiger partial charge in [0.2, 0.25) is 5.88 Å². The van der Waals surface area contributed by atoms with Crippen LogP contribution in [0.5, 0.6) is 5.88 Å². The summed E-state index contributed by atoms with van der Waals surface area (Å²) in [6.07, 6.45) is 3.53. The highest BCUT2D eigenvalue weighted by molar-refractivity contribution is 6.38. The second-order valence-corrected chi connectivity index (χ2v) is 9.46. The number of nitrogens with two attached hydrogens (primary N) is 1. The molecule has 176 valence electrons. The number of nitrogens with one attached hydrogen (secondary N) is 1. The summed E-state index contributed by atoms with van der Waals surface area (Å²) in [5.74, 6) is 1.26. The first-order valence-corrected chi connectivity index (χ1v) is 11.7. The van der Waals surface area contributed by atoms with Gasteiger partial charge in [0.05, 0.1) is 42.8 Å². The maximum Gasteiger partial charge on any atom is 0.232 e. The second kappa shape index (κ2) is 8.00. The van der Waals surface area contributed by atoms with Crippen molar-refractivity contribution in [3.63, 3.8) is 0 Å². The summed E-state index contributed by atoms with van der Waals surface area (Å²) in [4.78, 5) is 20.9. The Bertz CT molecular complexity index is 1400. The molecule has 1 spiro atoms. The number of piperidine rings is 1. The van der Waals surface area contributed by atoms with Crippen molar-refractivity contribution in [2.24, 2.45) is 11.1 Å². The number of nitrogens with zero attached hydrogens (tertiary/aromatic N) is 6. The van der Waals surface area contributed by atoms with Crippen molar-refractivity contribution in [2.75, 3.05) is 38.3 Å². The Morgan fingerprint density at radius 2 is 2.03 bits per heavy atom. The van der Waals surface area contributed by atoms with Gasteiger partial charge in [-0.2, -0.15) is 5.10 Å². The summed E-state index contributed by atoms with van der Waals surface area (Å²) in [5.41, 5.74) is 11.1. The molecule has 4 aromatic rings. The molecule has 2 aliphatic rings. The molecule has 3 aromatic heterocycles. The lowest BCUT2D eigenvalue weighted by molar-refractivity contribution is 0.131. The van der Waals surface area contributed by atoms with Gasteiger partial charge in [0.1, 0.15) is 16.7 Å². The van der Waals surface area contributed by atoms with Gasteiger partial charge < -0.3 is 20.1 Å². The van der Waals surface area contributed by atoms with Crippen molar-refractivity contribution in [1.29, 1.82) is 0 Å². The number of halogens is 1. The molecule has 0 aliphatic carbocycles. The van der Waals surface area contributed by atoms with E-state index in [-0.39, 0.29) is 11.5 Å². The second-order valence-electron chi connectivity index (χ2n) is 9.08. The van der Waals surface area contributed by atoms with Gasteiger partial charge >= 0.3 is 0 Å². The predicted octanol–water partition coefficient (Wildman–Crippen LogP) is 2.88. The Kier molecular flexibility index (Phi) is 5.05. The van der Waals surface area contributed by atoms with Gasteiger partial charge in [-0.1, -0.05) is 11.6 Å². The van der Waals surface area contributed by atoms with Crippen molar-refractivity contribution in [3.05, 3.63) is 29.0 Å². The van der Waals surface area contributed by atoms with Crippen LogP contribution >= 0.6 is 11.6 Å². The fourth-order valence-corrected chi connectivity index (χ4v) is 5.36. The molecule has 2 fully saturated rings. The van der Waals surface area contributed by atoms with E-state index in [0.717, 1.165) is 44.0 Å². The number of aromatic nitrogens is 6. The van der Waals surface area contributed by atoms with E-state index in [1.807, 2.05) is 19.1 Å². The lowest BCUT2D eigenvalue weighted by Gasteiger charge is -2.41. The van der Waals surface area contributed by atoms with Gasteiger partial charge in [-0.25, -0.2) is 19.9 Å². The van der Waals surface area contributed by atoms with E-state index in [2.05, 4.69) is 25.1 Å². The van der Waals surface area contributed by atoms with Gasteiger partial charge in [0, 0.05) is 30.1 Å². The van der Waals surface area contributed by atoms with Crippen LogP contribution in [0.1, 0.15) is 18.5 Å². The summed E-state index contributed by atoms with van der Waals surface area (Å²) in [5, 5.41) is 7.98. The van der Waals surface area contributed by atoms with Gasteiger partial charge in [0.15, 0.2) is 11.5 Å². The van der Waals surface area contributed by atoms with Crippen LogP contribution in [-0.4, -0.2) is 69.6 Å². The number of H-pyrrole nitrogens is 1. The molecule has 1 atom stereocenters. The first-order chi connectivity index (χ1) is 16.5. The van der Waals surface area contributed by atoms with E-state index in [9.17, 15) is 0 Å². The number of anilines is 1. The Morgan fingerprint density at radius 3 is 2.76 bits per heavy atom. The van der Waals surface area contributed by atoms with Crippen LogP contribution < -0.4 is 15.4 Å². The smallest absolute Gasteiger partial charge is 0.232 e. The molecule has 0 bridgehead atoms. The molecule has 6 rings (SSSR count). The number of benzene rings is 1. The summed E-state index contributed by atoms with van der Waals surface area (Å²) < 4.78 is 10.9. The Hall–Kier alpha value is -3.08. The van der Waals surface area contributed by atoms with Gasteiger partial charge in [-0.15, -0.1) is 0 Å². The van der Waals surface area contributed by atoms with E-state index >= 15 is 0 Å². The molecule has 3 N–H and O–H groups in total. The number of rotatable bonds is 3. The number of methoxy groups -OCH3 is 1. The van der Waals surface area contributed by atoms with Gasteiger partial charge in [-0.3, -0.25) is 5.10 Å². The normalized spacial score (nSPS) is 20.0. The number of ether oxygens (including phenoxy) is 2. The molecule has 34 heavy (non-hydrogen) atoms. The lowest BCUT2D eigenvalue weighted by atomic mass is 9.75. The third-order valence-corrected chi connectivity index (χ3v) is 7.55. The molecule has 0 unspecified atom stereocenters. The molecule has 5 heterocycles. The molecule has 1 aromatic carbocycles. The Labute approximate surface area is 200 Å². The first kappa shape index (κ1) is 21.5. The predicted molar refractivity (Wildman–Crippen MR) is 129 cm³/mol. The van der Waals surface area contributed by atoms with E-state index in [4.69, 9.17) is 36.8 Å². The van der Waals surface area contributed by atoms with Crippen LogP contribution in [-0.2, 0) is 4.74 Å². The molecule has 0 radical (unpaired) electrons. The molecule has 10 nitrogen and oxygen atoms in total. The maximum absolute atomic E-state index is 6.74. The van der Waals surface area contributed by atoms with Gasteiger partial charge in [0.25, 0.3) is 0 Å². The summed E-state index contributed by atoms with van der Waals surface area (Å²) in [6, 6.07) is 3.85. The van der Waals surface area contributed by atoms with Crippen molar-refractivity contribution >= 4 is 39.6 Å². The van der Waals surface area contributed by atoms with E-state index in [1.54, 1.807) is 13.3 Å². The number of aryl methyl sites for hydroxylation is 1. The highest BCUT2D eigenvalue weighted by atomic mass is 35.5. The Balaban J connectivity index is 1.35. The fourth-order valence-electron chi connectivity index (χ4n) is 5.06. The average molecular weight is 481 g/mol. The summed E-state index contributed by atoms with van der Waals surface area (Å²) in [6.45, 7) is 5.12. The molecule has 0 saturated carbocycles. The van der Waals surface area contributed by atoms with Crippen LogP contribution in [0.4, 0.5) is 5.82 Å². The quantitative estimate of drug-likeness (QED) is 0.454. The molecule has 11 heteroatoms. The van der Waals surface area contributed by atoms with E-state index in [0.29, 0.717) is 51.0 Å². The SMILES string of the molecule is COc1cnc2ccc(-c3n[nH]c4nc(N5CCC6(CC5)COC[C@H]6N)c(C)nc34)c(Cl)c2n1. The standard InChI is InChI=1S/C23H25ClN8O2/c1-12-22(32-7-5-23(6-8-32)11-34-10-15(23)25)29-21-20(27-12)18(30-31-21)13-3-4-14-19(17(13)24)28-16(33-2)9-26-14/h3-4,9,15H,5-8,10-11,25H2,1-2H3,(H,29,30,31)/t15-/m1/s1. The highest BCUT2D eigenvalue weighted by Crippen LogP contribution is 2.40. The molecular formula is C23H25ClN8O2. The van der Waals surface area contributed by atoms with Crippen LogP contribution in [0, 0.1) is 12.3 Å². The average Bonchev–Trinajstić information content (AvgIpc) is 3.42. The molecule has 0 amide bonds. The van der Waals surface area contributed by atoms with Crippen LogP contribution in [0.15, 0.2) is 18.3 Å². The minimum atomic E-state index is 0.0848. The molecular weight excluding hydrogens is 456 g/mol. The minimum Gasteiger partial charge on any atom is -0.480 e. The number of hydrogen-bond donors (Lipinski definition) is 2. The van der Waals surface area contributed by atoms with Crippen molar-refractivity contribution in [2.45, 2.75) is 25.8 Å². The fraction of sp³-hybridized carbons (Fsp3) is 0.435. The number of hydrogen-bond acceptors (Lipinski definition) is 9. The topological polar surface area (TPSA) is 128 Å². The highest BCUT2D eigenvalue weighted by Gasteiger charge is 2.44. The van der Waals surface area contributed by atoms with Crippen molar-refractivity contribution in [1.82, 2.24) is 30.1 Å². The van der Waals surface area contributed by atoms with Crippen LogP contribution in [0.3, 0.4) is 0 Å². The zero-order valence-electron chi connectivity index (χ0n) is 19.0. The first-order valence-electron chi connectivity index (χ1n) is 11.3. The maximum atomic E-state index is 6.74. The third kappa shape index (κ3) is 3.28. The zero-order valence-corrected chi connectivity index (χ0v) is 19.8. The third-order valence-electron chi connectivity index (χ3n) is 7.17. The van der Waals surface area contributed by atoms with Crippen LogP contribution in [0.25, 0.3) is 33.5 Å². The molecule has 2 aliphatic heterocycles. The minimum absolute atomic E-state index is 0.0848. The monoisotopic (exact) mass is 480 g/mol. The van der Waals surface area contributed by atoms with Crippen molar-refractivity contribution in [3.8, 4) is 17.1 Å².